The summed E-state index contributed by atoms with van der Waals surface area (Å²) in [5.74, 6) is 0. The summed E-state index contributed by atoms with van der Waals surface area (Å²) < 4.78 is 1.98. The normalized spacial score (nSPS) is 10.2. The Balaban J connectivity index is -0.000000307. The molecule has 0 saturated heterocycles. The molecule has 3 nitrogen and oxygen atoms in total. The third-order valence-corrected chi connectivity index (χ3v) is 10.0. The van der Waals surface area contributed by atoms with Gasteiger partial charge in [0, 0.05) is 39.3 Å². The zero-order chi connectivity index (χ0) is 36.7. The van der Waals surface area contributed by atoms with Crippen LogP contribution in [-0.4, -0.2) is 66.9 Å². The van der Waals surface area contributed by atoms with Crippen LogP contribution in [0.2, 0.25) is 0 Å². The van der Waals surface area contributed by atoms with Gasteiger partial charge in [0.05, 0.1) is 0 Å². The fraction of sp³-hybridized carbons (Fsp3) is 0.923. The Kier molecular flexibility index (Phi) is 54.1. The van der Waals surface area contributed by atoms with Crippen molar-refractivity contribution in [3.8, 4) is 0 Å². The van der Waals surface area contributed by atoms with Crippen molar-refractivity contribution in [3.63, 3.8) is 0 Å². The maximum atomic E-state index is 5.11. The molecule has 0 saturated carbocycles. The van der Waals surface area contributed by atoms with Gasteiger partial charge >= 0.3 is 17.1 Å². The van der Waals surface area contributed by atoms with E-state index in [9.17, 15) is 0 Å². The third kappa shape index (κ3) is 44.9. The summed E-state index contributed by atoms with van der Waals surface area (Å²) in [7, 11) is 0. The van der Waals surface area contributed by atoms with E-state index in [1.807, 2.05) is 0 Å². The largest absolute Gasteiger partial charge is 3.00 e. The summed E-state index contributed by atoms with van der Waals surface area (Å²) in [6.07, 6.45) is 30.9. The van der Waals surface area contributed by atoms with Gasteiger partial charge in [-0.25, -0.2) is 0 Å². The summed E-state index contributed by atoms with van der Waals surface area (Å²) in [4.78, 5) is 6.61. The van der Waals surface area contributed by atoms with Gasteiger partial charge in [-0.15, -0.1) is 0 Å². The van der Waals surface area contributed by atoms with E-state index in [-0.39, 0.29) is 17.1 Å². The molecule has 0 heterocycles. The smallest absolute Gasteiger partial charge is 0.411 e. The van der Waals surface area contributed by atoms with Crippen LogP contribution in [0, 0.1) is 0 Å². The Morgan fingerprint density at radius 2 is 0.449 bits per heavy atom. The summed E-state index contributed by atoms with van der Waals surface area (Å²) in [6.45, 7) is 19.8. The molecule has 0 N–H and O–H groups in total. The maximum absolute atomic E-state index is 5.11. The van der Waals surface area contributed by atoms with Crippen molar-refractivity contribution < 1.29 is 17.1 Å². The van der Waals surface area contributed by atoms with Crippen molar-refractivity contribution in [2.75, 3.05) is 39.3 Å². The van der Waals surface area contributed by atoms with Crippen molar-refractivity contribution in [2.24, 2.45) is 0 Å². The number of rotatable bonds is 30. The average Bonchev–Trinajstić information content (AvgIpc) is 3.06. The first kappa shape index (κ1) is 56.6. The van der Waals surface area contributed by atoms with Crippen molar-refractivity contribution in [3.05, 3.63) is 0 Å². The maximum Gasteiger partial charge on any atom is 3.00 e. The van der Waals surface area contributed by atoms with E-state index in [0.717, 1.165) is 39.3 Å². The molecular weight excluding hydrogens is 759 g/mol. The molecule has 0 aromatic carbocycles. The van der Waals surface area contributed by atoms with Gasteiger partial charge in [-0.3, -0.25) is 0 Å². The van der Waals surface area contributed by atoms with Crippen LogP contribution in [0.5, 0.6) is 0 Å². The number of nitrogens with zero attached hydrogens (tertiary/aromatic N) is 3. The summed E-state index contributed by atoms with van der Waals surface area (Å²) in [5.41, 5.74) is 0. The van der Waals surface area contributed by atoms with Crippen LogP contribution in [0.15, 0.2) is 0 Å². The van der Waals surface area contributed by atoms with E-state index in [1.54, 1.807) is 0 Å². The van der Waals surface area contributed by atoms with Crippen LogP contribution in [-0.2, 0) is 55.0 Å². The van der Waals surface area contributed by atoms with E-state index in [1.165, 1.54) is 154 Å². The first-order valence-corrected chi connectivity index (χ1v) is 22.5. The molecule has 0 aromatic rings. The Morgan fingerprint density at radius 3 is 0.551 bits per heavy atom. The molecule has 0 aliphatic carbocycles. The van der Waals surface area contributed by atoms with Gasteiger partial charge in [0.25, 0.3) is 0 Å². The number of hydrogen-bond acceptors (Lipinski definition) is 6. The monoisotopic (exact) mass is 836 g/mol. The van der Waals surface area contributed by atoms with E-state index in [4.69, 9.17) is 74.5 Å². The second-order valence-corrected chi connectivity index (χ2v) is 16.2. The standard InChI is InChI=1S/3C13H27NS2.Fe/c3*1-3-5-7-9-11-14(13(15)16)12-10-8-6-4-2;/h3*3-12H2,1-2H3,(H,15,16);/q;;;+3/p-3. The number of unbranched alkanes of at least 4 members (excludes halogenated alkanes) is 18. The quantitative estimate of drug-likeness (QED) is 0.0300. The Hall–Kier alpha value is 0.849. The second kappa shape index (κ2) is 46.9. The zero-order valence-corrected chi connectivity index (χ0v) is 38.9. The zero-order valence-electron chi connectivity index (χ0n) is 32.9. The molecule has 0 amide bonds. The van der Waals surface area contributed by atoms with Crippen molar-refractivity contribution in [2.45, 2.75) is 196 Å². The molecule has 0 aliphatic rings. The minimum absolute atomic E-state index is 0. The molecule has 0 aromatic heterocycles. The van der Waals surface area contributed by atoms with Gasteiger partial charge in [-0.05, 0) is 38.5 Å². The van der Waals surface area contributed by atoms with Gasteiger partial charge in [-0.2, -0.15) is 0 Å². The van der Waals surface area contributed by atoms with Crippen molar-refractivity contribution in [1.82, 2.24) is 14.7 Å². The fourth-order valence-corrected chi connectivity index (χ4v) is 6.36. The molecule has 49 heavy (non-hydrogen) atoms. The second-order valence-electron chi connectivity index (χ2n) is 13.1. The van der Waals surface area contributed by atoms with E-state index in [0.29, 0.717) is 13.0 Å². The predicted octanol–water partition coefficient (Wildman–Crippen LogP) is 12.8. The Morgan fingerprint density at radius 1 is 0.306 bits per heavy atom. The third-order valence-electron chi connectivity index (χ3n) is 8.46. The SMILES string of the molecule is CCCCCCN(CCCCCC)C(=S)[S-].CCCCCCN(CCCCCC)C(=S)[S-].CCCCCCN(CCCCCC)C(=S)[S-].[Fe+3]. The fourth-order valence-electron chi connectivity index (χ4n) is 5.26. The van der Waals surface area contributed by atoms with Crippen LogP contribution >= 0.6 is 36.7 Å². The molecule has 0 bridgehead atoms. The van der Waals surface area contributed by atoms with Crippen molar-refractivity contribution in [1.29, 1.82) is 0 Å². The average molecular weight is 837 g/mol. The molecular formula is C39H78FeN3S6. The van der Waals surface area contributed by atoms with E-state index < -0.39 is 0 Å². The summed E-state index contributed by atoms with van der Waals surface area (Å²) in [5, 5.41) is 0. The van der Waals surface area contributed by atoms with Crippen LogP contribution in [0.3, 0.4) is 0 Å². The van der Waals surface area contributed by atoms with Crippen LogP contribution in [0.4, 0.5) is 0 Å². The molecule has 0 spiro atoms. The van der Waals surface area contributed by atoms with E-state index >= 15 is 0 Å². The van der Waals surface area contributed by atoms with Gasteiger partial charge in [0.15, 0.2) is 0 Å². The Labute approximate surface area is 351 Å². The van der Waals surface area contributed by atoms with Crippen molar-refractivity contribution >= 4 is 87.5 Å². The molecule has 0 atom stereocenters. The number of thiocarbonyl (C=S) groups is 3. The van der Waals surface area contributed by atoms with Gasteiger partial charge < -0.3 is 89.2 Å². The van der Waals surface area contributed by atoms with Gasteiger partial charge in [-0.1, -0.05) is 170 Å². The van der Waals surface area contributed by atoms with Gasteiger partial charge in [0.2, 0.25) is 0 Å². The molecule has 0 aliphatic heterocycles. The molecule has 1 radical (unpaired) electrons. The first-order valence-electron chi connectivity index (χ1n) is 20.0. The summed E-state index contributed by atoms with van der Waals surface area (Å²) >= 11 is 30.7. The summed E-state index contributed by atoms with van der Waals surface area (Å²) in [6, 6.07) is 0. The van der Waals surface area contributed by atoms with E-state index in [2.05, 4.69) is 56.2 Å². The molecule has 0 unspecified atom stereocenters. The molecule has 0 rings (SSSR count). The molecule has 10 heteroatoms. The molecule has 293 valence electrons. The molecule has 0 fully saturated rings. The van der Waals surface area contributed by atoms with Crippen LogP contribution < -0.4 is 0 Å². The van der Waals surface area contributed by atoms with Crippen LogP contribution in [0.1, 0.15) is 196 Å². The minimum atomic E-state index is 0. The number of hydrogen-bond donors (Lipinski definition) is 0. The minimum Gasteiger partial charge on any atom is -0.411 e. The predicted molar refractivity (Wildman–Crippen MR) is 239 cm³/mol. The van der Waals surface area contributed by atoms with Crippen LogP contribution in [0.25, 0.3) is 0 Å². The first-order chi connectivity index (χ1) is 23.2. The van der Waals surface area contributed by atoms with Gasteiger partial charge in [0.1, 0.15) is 0 Å². The Bertz CT molecular complexity index is 575. The topological polar surface area (TPSA) is 9.72 Å².